The highest BCUT2D eigenvalue weighted by Gasteiger charge is 2.34. The Balaban J connectivity index is 3.37. The summed E-state index contributed by atoms with van der Waals surface area (Å²) < 4.78 is 69.1. The second kappa shape index (κ2) is 5.15. The fraction of sp³-hybridized carbons (Fsp3) is 0.333. The van der Waals surface area contributed by atoms with Crippen LogP contribution in [0.5, 0.6) is 11.6 Å². The van der Waals surface area contributed by atoms with E-state index in [2.05, 4.69) is 14.5 Å². The third kappa shape index (κ3) is 3.28. The number of methoxy groups -OCH3 is 1. The molecule has 0 spiro atoms. The highest BCUT2D eigenvalue weighted by atomic mass is 19.4. The van der Waals surface area contributed by atoms with Crippen LogP contribution in [0.15, 0.2) is 6.07 Å². The first-order valence-corrected chi connectivity index (χ1v) is 4.36. The topological polar surface area (TPSA) is 48.4 Å². The Bertz CT molecular complexity index is 447. The molecular formula is C9H6F5NO3. The fourth-order valence-electron chi connectivity index (χ4n) is 1.13. The van der Waals surface area contributed by atoms with Crippen molar-refractivity contribution in [3.05, 3.63) is 17.3 Å². The molecule has 0 aliphatic rings. The molecule has 0 radical (unpaired) electrons. The molecule has 1 heterocycles. The molecule has 0 fully saturated rings. The number of halogens is 5. The number of ether oxygens (including phenoxy) is 2. The van der Waals surface area contributed by atoms with Gasteiger partial charge in [-0.3, -0.25) is 4.79 Å². The molecule has 4 nitrogen and oxygen atoms in total. The first kappa shape index (κ1) is 14.1. The van der Waals surface area contributed by atoms with E-state index >= 15 is 0 Å². The van der Waals surface area contributed by atoms with Gasteiger partial charge in [0.15, 0.2) is 6.29 Å². The van der Waals surface area contributed by atoms with E-state index in [0.717, 1.165) is 7.11 Å². The quantitative estimate of drug-likeness (QED) is 0.624. The van der Waals surface area contributed by atoms with Gasteiger partial charge in [-0.05, 0) is 0 Å². The molecule has 1 rings (SSSR count). The van der Waals surface area contributed by atoms with Gasteiger partial charge >= 0.3 is 6.36 Å². The van der Waals surface area contributed by atoms with Gasteiger partial charge in [-0.2, -0.15) is 0 Å². The summed E-state index contributed by atoms with van der Waals surface area (Å²) in [4.78, 5) is 13.8. The van der Waals surface area contributed by atoms with Crippen molar-refractivity contribution in [3.63, 3.8) is 0 Å². The number of pyridine rings is 1. The van der Waals surface area contributed by atoms with E-state index in [1.165, 1.54) is 0 Å². The van der Waals surface area contributed by atoms with Crippen LogP contribution in [-0.2, 0) is 0 Å². The summed E-state index contributed by atoms with van der Waals surface area (Å²) in [6.45, 7) is 0. The van der Waals surface area contributed by atoms with Crippen molar-refractivity contribution in [1.82, 2.24) is 4.98 Å². The number of aldehydes is 1. The average molecular weight is 271 g/mol. The normalized spacial score (nSPS) is 11.5. The molecule has 0 bridgehead atoms. The van der Waals surface area contributed by atoms with Crippen LogP contribution < -0.4 is 9.47 Å². The van der Waals surface area contributed by atoms with E-state index in [1.54, 1.807) is 0 Å². The number of carbonyl (C=O) groups excluding carboxylic acids is 1. The lowest BCUT2D eigenvalue weighted by atomic mass is 10.2. The monoisotopic (exact) mass is 271 g/mol. The minimum atomic E-state index is -5.12. The van der Waals surface area contributed by atoms with Gasteiger partial charge in [0.25, 0.3) is 6.43 Å². The maximum Gasteiger partial charge on any atom is 0.573 e. The van der Waals surface area contributed by atoms with Crippen molar-refractivity contribution < 1.29 is 36.2 Å². The van der Waals surface area contributed by atoms with Crippen LogP contribution in [0.3, 0.4) is 0 Å². The SMILES string of the molecule is COc1cc(OC(F)(F)F)c(C=O)c(C(F)F)n1. The molecular weight excluding hydrogens is 265 g/mol. The average Bonchev–Trinajstić information content (AvgIpc) is 2.25. The second-order valence-corrected chi connectivity index (χ2v) is 2.93. The summed E-state index contributed by atoms with van der Waals surface area (Å²) in [5, 5.41) is 0. The van der Waals surface area contributed by atoms with Gasteiger partial charge < -0.3 is 9.47 Å². The molecule has 0 atom stereocenters. The predicted octanol–water partition coefficient (Wildman–Crippen LogP) is 2.74. The molecule has 0 aliphatic heterocycles. The highest BCUT2D eigenvalue weighted by molar-refractivity contribution is 5.81. The predicted molar refractivity (Wildman–Crippen MR) is 47.8 cm³/mol. The van der Waals surface area contributed by atoms with Crippen molar-refractivity contribution in [3.8, 4) is 11.6 Å². The Morgan fingerprint density at radius 1 is 1.39 bits per heavy atom. The molecule has 9 heteroatoms. The summed E-state index contributed by atoms with van der Waals surface area (Å²) in [7, 11) is 1.02. The maximum absolute atomic E-state index is 12.5. The van der Waals surface area contributed by atoms with Crippen molar-refractivity contribution in [2.24, 2.45) is 0 Å². The largest absolute Gasteiger partial charge is 0.573 e. The lowest BCUT2D eigenvalue weighted by Crippen LogP contribution is -2.19. The molecule has 0 saturated heterocycles. The maximum atomic E-state index is 12.5. The molecule has 0 aromatic carbocycles. The van der Waals surface area contributed by atoms with Gasteiger partial charge in [0.1, 0.15) is 11.4 Å². The van der Waals surface area contributed by atoms with Gasteiger partial charge in [-0.15, -0.1) is 13.2 Å². The first-order valence-electron chi connectivity index (χ1n) is 4.36. The van der Waals surface area contributed by atoms with E-state index < -0.39 is 35.7 Å². The van der Waals surface area contributed by atoms with Gasteiger partial charge in [0, 0.05) is 6.07 Å². The number of aromatic nitrogens is 1. The summed E-state index contributed by atoms with van der Waals surface area (Å²) in [5.41, 5.74) is -2.10. The molecule has 1 aromatic heterocycles. The third-order valence-electron chi connectivity index (χ3n) is 1.79. The molecule has 0 N–H and O–H groups in total. The van der Waals surface area contributed by atoms with E-state index in [9.17, 15) is 26.7 Å². The third-order valence-corrected chi connectivity index (χ3v) is 1.79. The Kier molecular flexibility index (Phi) is 4.04. The van der Waals surface area contributed by atoms with E-state index in [4.69, 9.17) is 0 Å². The first-order chi connectivity index (χ1) is 8.28. The molecule has 18 heavy (non-hydrogen) atoms. The van der Waals surface area contributed by atoms with Crippen LogP contribution in [0.2, 0.25) is 0 Å². The molecule has 0 saturated carbocycles. The Labute approximate surface area is 97.3 Å². The zero-order chi connectivity index (χ0) is 13.9. The summed E-state index contributed by atoms with van der Waals surface area (Å²) in [6.07, 6.45) is -8.55. The zero-order valence-electron chi connectivity index (χ0n) is 8.79. The van der Waals surface area contributed by atoms with E-state index in [-0.39, 0.29) is 6.29 Å². The zero-order valence-corrected chi connectivity index (χ0v) is 8.79. The van der Waals surface area contributed by atoms with Crippen molar-refractivity contribution in [1.29, 1.82) is 0 Å². The molecule has 0 amide bonds. The number of nitrogens with zero attached hydrogens (tertiary/aromatic N) is 1. The summed E-state index contributed by atoms with van der Waals surface area (Å²) in [5.74, 6) is -1.60. The molecule has 100 valence electrons. The van der Waals surface area contributed by atoms with Crippen LogP contribution in [0.25, 0.3) is 0 Å². The number of hydrogen-bond acceptors (Lipinski definition) is 4. The number of carbonyl (C=O) groups is 1. The number of hydrogen-bond donors (Lipinski definition) is 0. The minimum Gasteiger partial charge on any atom is -0.481 e. The van der Waals surface area contributed by atoms with Gasteiger partial charge in [0.05, 0.1) is 12.7 Å². The van der Waals surface area contributed by atoms with Crippen LogP contribution >= 0.6 is 0 Å². The Hall–Kier alpha value is -1.93. The summed E-state index contributed by atoms with van der Waals surface area (Å²) in [6, 6.07) is 0.600. The van der Waals surface area contributed by atoms with Crippen molar-refractivity contribution in [2.75, 3.05) is 7.11 Å². The van der Waals surface area contributed by atoms with Crippen LogP contribution in [-0.4, -0.2) is 24.7 Å². The van der Waals surface area contributed by atoms with E-state index in [1.807, 2.05) is 0 Å². The van der Waals surface area contributed by atoms with E-state index in [0.29, 0.717) is 6.07 Å². The molecule has 0 unspecified atom stereocenters. The van der Waals surface area contributed by atoms with Crippen LogP contribution in [0.1, 0.15) is 22.5 Å². The van der Waals surface area contributed by atoms with Crippen molar-refractivity contribution in [2.45, 2.75) is 12.8 Å². The number of alkyl halides is 5. The lowest BCUT2D eigenvalue weighted by Gasteiger charge is -2.14. The lowest BCUT2D eigenvalue weighted by molar-refractivity contribution is -0.274. The minimum absolute atomic E-state index is 0.186. The molecule has 1 aromatic rings. The van der Waals surface area contributed by atoms with Gasteiger partial charge in [-0.1, -0.05) is 0 Å². The number of rotatable bonds is 4. The summed E-state index contributed by atoms with van der Waals surface area (Å²) >= 11 is 0. The van der Waals surface area contributed by atoms with Crippen LogP contribution in [0.4, 0.5) is 22.0 Å². The Morgan fingerprint density at radius 2 is 2.00 bits per heavy atom. The fourth-order valence-corrected chi connectivity index (χ4v) is 1.13. The van der Waals surface area contributed by atoms with Gasteiger partial charge in [-0.25, -0.2) is 13.8 Å². The Morgan fingerprint density at radius 3 is 2.39 bits per heavy atom. The second-order valence-electron chi connectivity index (χ2n) is 2.93. The smallest absolute Gasteiger partial charge is 0.481 e. The standard InChI is InChI=1S/C9H6F5NO3/c1-17-6-2-5(18-9(12,13)14)4(3-16)7(15-6)8(10)11/h2-3,8H,1H3. The highest BCUT2D eigenvalue weighted by Crippen LogP contribution is 2.33. The van der Waals surface area contributed by atoms with Crippen LogP contribution in [0, 0.1) is 0 Å². The molecule has 0 aliphatic carbocycles. The van der Waals surface area contributed by atoms with Gasteiger partial charge in [0.2, 0.25) is 5.88 Å². The van der Waals surface area contributed by atoms with Crippen molar-refractivity contribution >= 4 is 6.29 Å².